The molecule has 1 N–H and O–H groups in total. The highest BCUT2D eigenvalue weighted by Gasteiger charge is 2.15. The van der Waals surface area contributed by atoms with Gasteiger partial charge in [0.1, 0.15) is 0 Å². The minimum Gasteiger partial charge on any atom is -0.376 e. The van der Waals surface area contributed by atoms with Crippen molar-refractivity contribution < 1.29 is 9.53 Å². The van der Waals surface area contributed by atoms with Crippen LogP contribution in [0.25, 0.3) is 0 Å². The average molecular weight is 337 g/mol. The maximum Gasteiger partial charge on any atom is 0.234 e. The van der Waals surface area contributed by atoms with Gasteiger partial charge in [0.2, 0.25) is 11.1 Å². The van der Waals surface area contributed by atoms with Crippen molar-refractivity contribution in [1.82, 2.24) is 30.0 Å². The van der Waals surface area contributed by atoms with Gasteiger partial charge >= 0.3 is 0 Å². The van der Waals surface area contributed by atoms with E-state index in [1.54, 1.807) is 13.2 Å². The smallest absolute Gasteiger partial charge is 0.234 e. The SMILES string of the molecule is Cn1nnnc1SCC(=O)Nc1cnn(C[C@H]2CCCCO2)c1. The predicted molar refractivity (Wildman–Crippen MR) is 84.0 cm³/mol. The Balaban J connectivity index is 1.46. The van der Waals surface area contributed by atoms with Gasteiger partial charge in [0.05, 0.1) is 30.3 Å². The van der Waals surface area contributed by atoms with Gasteiger partial charge in [0.15, 0.2) is 0 Å². The first kappa shape index (κ1) is 15.9. The van der Waals surface area contributed by atoms with Gasteiger partial charge in [-0.15, -0.1) is 5.10 Å². The van der Waals surface area contributed by atoms with Crippen LogP contribution in [-0.4, -0.2) is 54.4 Å². The lowest BCUT2D eigenvalue weighted by Gasteiger charge is -2.22. The fraction of sp³-hybridized carbons (Fsp3) is 0.615. The summed E-state index contributed by atoms with van der Waals surface area (Å²) < 4.78 is 9.03. The summed E-state index contributed by atoms with van der Waals surface area (Å²) in [5.41, 5.74) is 0.683. The highest BCUT2D eigenvalue weighted by atomic mass is 32.2. The number of rotatable bonds is 6. The van der Waals surface area contributed by atoms with E-state index in [1.807, 2.05) is 10.9 Å². The fourth-order valence-electron chi connectivity index (χ4n) is 2.36. The molecule has 23 heavy (non-hydrogen) atoms. The Kier molecular flexibility index (Phi) is 5.23. The van der Waals surface area contributed by atoms with Gasteiger partial charge < -0.3 is 10.1 Å². The zero-order chi connectivity index (χ0) is 16.1. The van der Waals surface area contributed by atoms with Crippen LogP contribution < -0.4 is 5.32 Å². The molecule has 1 aliphatic heterocycles. The third kappa shape index (κ3) is 4.52. The maximum absolute atomic E-state index is 11.9. The second kappa shape index (κ2) is 7.55. The molecule has 0 aromatic carbocycles. The van der Waals surface area contributed by atoms with E-state index in [1.165, 1.54) is 22.9 Å². The van der Waals surface area contributed by atoms with E-state index in [9.17, 15) is 4.79 Å². The Bertz CT molecular complexity index is 650. The van der Waals surface area contributed by atoms with Gasteiger partial charge in [-0.25, -0.2) is 4.68 Å². The van der Waals surface area contributed by atoms with Gasteiger partial charge in [-0.2, -0.15) is 5.10 Å². The topological polar surface area (TPSA) is 99.8 Å². The third-order valence-corrected chi connectivity index (χ3v) is 4.51. The quantitative estimate of drug-likeness (QED) is 0.775. The molecule has 0 aliphatic carbocycles. The first-order valence-corrected chi connectivity index (χ1v) is 8.48. The molecule has 0 unspecified atom stereocenters. The lowest BCUT2D eigenvalue weighted by atomic mass is 10.1. The van der Waals surface area contributed by atoms with Crippen LogP contribution in [0, 0.1) is 0 Å². The number of anilines is 1. The van der Waals surface area contributed by atoms with Crippen LogP contribution in [0.2, 0.25) is 0 Å². The molecule has 9 nitrogen and oxygen atoms in total. The van der Waals surface area contributed by atoms with Crippen LogP contribution in [0.15, 0.2) is 17.6 Å². The number of ether oxygens (including phenoxy) is 1. The second-order valence-electron chi connectivity index (χ2n) is 5.36. The molecule has 1 atom stereocenters. The van der Waals surface area contributed by atoms with E-state index in [2.05, 4.69) is 25.9 Å². The summed E-state index contributed by atoms with van der Waals surface area (Å²) in [7, 11) is 1.73. The Morgan fingerprint density at radius 1 is 1.52 bits per heavy atom. The number of tetrazole rings is 1. The predicted octanol–water partition coefficient (Wildman–Crippen LogP) is 0.706. The van der Waals surface area contributed by atoms with Crippen molar-refractivity contribution in [3.8, 4) is 0 Å². The molecule has 2 aromatic heterocycles. The fourth-order valence-corrected chi connectivity index (χ4v) is 3.01. The molecule has 1 amide bonds. The Hall–Kier alpha value is -1.94. The van der Waals surface area contributed by atoms with Crippen LogP contribution >= 0.6 is 11.8 Å². The Morgan fingerprint density at radius 2 is 2.43 bits per heavy atom. The van der Waals surface area contributed by atoms with E-state index in [4.69, 9.17) is 4.74 Å². The number of thioether (sulfide) groups is 1. The van der Waals surface area contributed by atoms with Crippen LogP contribution in [0.5, 0.6) is 0 Å². The molecule has 0 saturated carbocycles. The molecule has 0 radical (unpaired) electrons. The van der Waals surface area contributed by atoms with Crippen LogP contribution in [0.1, 0.15) is 19.3 Å². The largest absolute Gasteiger partial charge is 0.376 e. The highest BCUT2D eigenvalue weighted by Crippen LogP contribution is 2.16. The number of carbonyl (C=O) groups is 1. The molecular formula is C13H19N7O2S. The zero-order valence-electron chi connectivity index (χ0n) is 12.9. The molecular weight excluding hydrogens is 318 g/mol. The van der Waals surface area contributed by atoms with E-state index >= 15 is 0 Å². The standard InChI is InChI=1S/C13H19N7O2S/c1-19-13(16-17-18-19)23-9-12(21)15-10-6-14-20(7-10)8-11-4-2-3-5-22-11/h6-7,11H,2-5,8-9H2,1H3,(H,15,21)/t11-/m1/s1. The third-order valence-electron chi connectivity index (χ3n) is 3.50. The minimum atomic E-state index is -0.119. The zero-order valence-corrected chi connectivity index (χ0v) is 13.7. The van der Waals surface area contributed by atoms with Crippen molar-refractivity contribution in [2.75, 3.05) is 17.7 Å². The Morgan fingerprint density at radius 3 is 3.17 bits per heavy atom. The van der Waals surface area contributed by atoms with Gasteiger partial charge in [-0.3, -0.25) is 9.48 Å². The molecule has 3 rings (SSSR count). The van der Waals surface area contributed by atoms with E-state index < -0.39 is 0 Å². The number of hydrogen-bond acceptors (Lipinski definition) is 7. The normalized spacial score (nSPS) is 18.0. The van der Waals surface area contributed by atoms with Crippen LogP contribution in [0.4, 0.5) is 5.69 Å². The second-order valence-corrected chi connectivity index (χ2v) is 6.30. The van der Waals surface area contributed by atoms with Crippen molar-refractivity contribution in [2.45, 2.75) is 37.1 Å². The molecule has 1 saturated heterocycles. The van der Waals surface area contributed by atoms with Crippen molar-refractivity contribution in [1.29, 1.82) is 0 Å². The molecule has 1 fully saturated rings. The summed E-state index contributed by atoms with van der Waals surface area (Å²) in [4.78, 5) is 11.9. The first-order valence-electron chi connectivity index (χ1n) is 7.50. The van der Waals surface area contributed by atoms with Crippen LogP contribution in [0.3, 0.4) is 0 Å². The number of amides is 1. The number of hydrogen-bond donors (Lipinski definition) is 1. The maximum atomic E-state index is 11.9. The molecule has 3 heterocycles. The summed E-state index contributed by atoms with van der Waals surface area (Å²) >= 11 is 1.28. The van der Waals surface area contributed by atoms with Gasteiger partial charge in [0, 0.05) is 19.9 Å². The van der Waals surface area contributed by atoms with Gasteiger partial charge in [0.25, 0.3) is 0 Å². The summed E-state index contributed by atoms with van der Waals surface area (Å²) in [6.07, 6.45) is 7.08. The molecule has 124 valence electrons. The molecule has 0 spiro atoms. The summed E-state index contributed by atoms with van der Waals surface area (Å²) in [5.74, 6) is 0.122. The lowest BCUT2D eigenvalue weighted by molar-refractivity contribution is -0.113. The monoisotopic (exact) mass is 337 g/mol. The average Bonchev–Trinajstić information content (AvgIpc) is 3.15. The number of nitrogens with zero attached hydrogens (tertiary/aromatic N) is 6. The summed E-state index contributed by atoms with van der Waals surface area (Å²) in [6, 6.07) is 0. The van der Waals surface area contributed by atoms with E-state index in [0.29, 0.717) is 10.8 Å². The summed E-state index contributed by atoms with van der Waals surface area (Å²) in [5, 5.41) is 18.7. The van der Waals surface area contributed by atoms with Gasteiger partial charge in [-0.05, 0) is 29.7 Å². The number of nitrogens with one attached hydrogen (secondary N) is 1. The number of aryl methyl sites for hydroxylation is 1. The first-order chi connectivity index (χ1) is 11.2. The highest BCUT2D eigenvalue weighted by molar-refractivity contribution is 7.99. The van der Waals surface area contributed by atoms with Crippen LogP contribution in [-0.2, 0) is 23.1 Å². The molecule has 2 aromatic rings. The van der Waals surface area contributed by atoms with Crippen molar-refractivity contribution in [2.24, 2.45) is 7.05 Å². The molecule has 1 aliphatic rings. The lowest BCUT2D eigenvalue weighted by Crippen LogP contribution is -2.24. The molecule has 0 bridgehead atoms. The molecule has 10 heteroatoms. The number of carbonyl (C=O) groups excluding carboxylic acids is 1. The van der Waals surface area contributed by atoms with E-state index in [-0.39, 0.29) is 17.8 Å². The Labute approximate surface area is 137 Å². The van der Waals surface area contributed by atoms with Gasteiger partial charge in [-0.1, -0.05) is 11.8 Å². The summed E-state index contributed by atoms with van der Waals surface area (Å²) in [6.45, 7) is 1.54. The van der Waals surface area contributed by atoms with Crippen molar-refractivity contribution in [3.63, 3.8) is 0 Å². The number of aromatic nitrogens is 6. The van der Waals surface area contributed by atoms with Crippen molar-refractivity contribution in [3.05, 3.63) is 12.4 Å². The minimum absolute atomic E-state index is 0.119. The van der Waals surface area contributed by atoms with Crippen molar-refractivity contribution >= 4 is 23.4 Å². The van der Waals surface area contributed by atoms with E-state index in [0.717, 1.165) is 26.0 Å².